The van der Waals surface area contributed by atoms with Gasteiger partial charge in [0.25, 0.3) is 0 Å². The van der Waals surface area contributed by atoms with Crippen LogP contribution in [0, 0.1) is 0 Å². The lowest BCUT2D eigenvalue weighted by atomic mass is 10.1. The van der Waals surface area contributed by atoms with Crippen molar-refractivity contribution >= 4 is 34.9 Å². The molecule has 0 aliphatic carbocycles. The van der Waals surface area contributed by atoms with Gasteiger partial charge in [0.2, 0.25) is 0 Å². The summed E-state index contributed by atoms with van der Waals surface area (Å²) in [5, 5.41) is 9.68. The van der Waals surface area contributed by atoms with E-state index in [1.165, 1.54) is 0 Å². The maximum atomic E-state index is 5.44. The smallest absolute Gasteiger partial charge is 0.193 e. The molecule has 1 N–H and O–H groups in total. The van der Waals surface area contributed by atoms with Gasteiger partial charge in [-0.25, -0.2) is 9.99 Å². The molecule has 7 nitrogen and oxygen atoms in total. The van der Waals surface area contributed by atoms with E-state index in [-0.39, 0.29) is 0 Å². The minimum Gasteiger partial charge on any atom is -0.497 e. The van der Waals surface area contributed by atoms with Crippen molar-refractivity contribution in [2.24, 2.45) is 5.10 Å². The number of pyridine rings is 2. The van der Waals surface area contributed by atoms with Gasteiger partial charge in [-0.1, -0.05) is 6.07 Å². The van der Waals surface area contributed by atoms with Crippen LogP contribution in [0.1, 0.15) is 5.69 Å². The number of methoxy groups -OCH3 is 1. The molecule has 1 aromatic carbocycles. The van der Waals surface area contributed by atoms with Crippen LogP contribution in [-0.2, 0) is 0 Å². The van der Waals surface area contributed by atoms with Gasteiger partial charge in [0, 0.05) is 42.5 Å². The number of thiocarbonyl (C=S) groups is 1. The van der Waals surface area contributed by atoms with Crippen molar-refractivity contribution in [2.75, 3.05) is 19.5 Å². The van der Waals surface area contributed by atoms with E-state index in [0.717, 1.165) is 33.9 Å². The fraction of sp³-hybridized carbons (Fsp3) is 0.0909. The number of nitrogens with zero attached hydrogens (tertiary/aromatic N) is 5. The summed E-state index contributed by atoms with van der Waals surface area (Å²) in [7, 11) is 3.43. The van der Waals surface area contributed by atoms with Crippen LogP contribution < -0.4 is 10.1 Å². The lowest BCUT2D eigenvalue weighted by molar-refractivity contribution is 0.415. The summed E-state index contributed by atoms with van der Waals surface area (Å²) < 4.78 is 7.15. The summed E-state index contributed by atoms with van der Waals surface area (Å²) >= 11 is 5.44. The monoisotopic (exact) mass is 416 g/mol. The van der Waals surface area contributed by atoms with Crippen LogP contribution in [-0.4, -0.2) is 44.9 Å². The third-order valence-corrected chi connectivity index (χ3v) is 4.89. The summed E-state index contributed by atoms with van der Waals surface area (Å²) in [6.07, 6.45) is 9.13. The Bertz CT molecular complexity index is 1190. The third-order valence-electron chi connectivity index (χ3n) is 4.53. The molecule has 8 heteroatoms. The van der Waals surface area contributed by atoms with Crippen LogP contribution in [0.4, 0.5) is 5.69 Å². The lowest BCUT2D eigenvalue weighted by Crippen LogP contribution is -2.26. The van der Waals surface area contributed by atoms with Crippen molar-refractivity contribution in [3.8, 4) is 16.9 Å². The van der Waals surface area contributed by atoms with Crippen LogP contribution in [0.3, 0.4) is 0 Å². The highest BCUT2D eigenvalue weighted by Gasteiger charge is 2.06. The van der Waals surface area contributed by atoms with E-state index < -0.39 is 0 Å². The Hall–Kier alpha value is -3.78. The van der Waals surface area contributed by atoms with Crippen LogP contribution in [0.5, 0.6) is 5.75 Å². The Kier molecular flexibility index (Phi) is 5.67. The number of hydrazone groups is 1. The zero-order valence-corrected chi connectivity index (χ0v) is 17.4. The number of ether oxygens (including phenoxy) is 1. The van der Waals surface area contributed by atoms with E-state index in [1.54, 1.807) is 37.8 Å². The van der Waals surface area contributed by atoms with Gasteiger partial charge in [0.15, 0.2) is 5.11 Å². The van der Waals surface area contributed by atoms with Gasteiger partial charge in [-0.2, -0.15) is 5.10 Å². The summed E-state index contributed by atoms with van der Waals surface area (Å²) in [4.78, 5) is 8.63. The fourth-order valence-electron chi connectivity index (χ4n) is 2.88. The maximum Gasteiger partial charge on any atom is 0.193 e. The van der Waals surface area contributed by atoms with Gasteiger partial charge in [0.1, 0.15) is 11.4 Å². The molecule has 3 heterocycles. The quantitative estimate of drug-likeness (QED) is 0.301. The number of hydrogen-bond donors (Lipinski definition) is 1. The normalized spacial score (nSPS) is 11.0. The Balaban J connectivity index is 1.50. The highest BCUT2D eigenvalue weighted by atomic mass is 32.1. The van der Waals surface area contributed by atoms with Crippen LogP contribution in [0.2, 0.25) is 0 Å². The number of fused-ring (bicyclic) bond motifs is 1. The summed E-state index contributed by atoms with van der Waals surface area (Å²) in [5.41, 5.74) is 4.63. The van der Waals surface area contributed by atoms with Gasteiger partial charge in [0.05, 0.1) is 25.2 Å². The summed E-state index contributed by atoms with van der Waals surface area (Å²) in [5.74, 6) is 0.788. The van der Waals surface area contributed by atoms with Crippen molar-refractivity contribution in [1.29, 1.82) is 0 Å². The van der Waals surface area contributed by atoms with Crippen LogP contribution in [0.25, 0.3) is 16.8 Å². The fourth-order valence-corrected chi connectivity index (χ4v) is 3.04. The predicted molar refractivity (Wildman–Crippen MR) is 123 cm³/mol. The molecule has 30 heavy (non-hydrogen) atoms. The van der Waals surface area contributed by atoms with Gasteiger partial charge >= 0.3 is 0 Å². The molecule has 0 amide bonds. The van der Waals surface area contributed by atoms with Crippen molar-refractivity contribution in [2.45, 2.75) is 0 Å². The molecule has 0 atom stereocenters. The number of aromatic nitrogens is 3. The zero-order valence-electron chi connectivity index (χ0n) is 16.6. The van der Waals surface area contributed by atoms with E-state index >= 15 is 0 Å². The Morgan fingerprint density at radius 3 is 2.70 bits per heavy atom. The number of imidazole rings is 1. The van der Waals surface area contributed by atoms with Gasteiger partial charge in [-0.05, 0) is 54.7 Å². The van der Waals surface area contributed by atoms with Crippen LogP contribution in [0.15, 0.2) is 78.4 Å². The Labute approximate surface area is 179 Å². The molecule has 0 spiro atoms. The maximum absolute atomic E-state index is 5.44. The molecule has 3 aromatic heterocycles. The second-order valence-corrected chi connectivity index (χ2v) is 6.88. The molecular formula is C22H20N6OS. The van der Waals surface area contributed by atoms with E-state index in [9.17, 15) is 0 Å². The molecule has 0 saturated heterocycles. The molecule has 0 unspecified atom stereocenters. The first-order valence-electron chi connectivity index (χ1n) is 9.24. The molecule has 0 fully saturated rings. The van der Waals surface area contributed by atoms with Gasteiger partial charge in [-0.3, -0.25) is 9.38 Å². The zero-order chi connectivity index (χ0) is 20.9. The topological polar surface area (TPSA) is 67.0 Å². The number of rotatable bonds is 5. The first kappa shape index (κ1) is 19.5. The van der Waals surface area contributed by atoms with E-state index in [0.29, 0.717) is 5.11 Å². The van der Waals surface area contributed by atoms with Crippen molar-refractivity contribution in [3.63, 3.8) is 0 Å². The van der Waals surface area contributed by atoms with Crippen molar-refractivity contribution in [3.05, 3.63) is 79.0 Å². The molecule has 0 aliphatic rings. The standard InChI is InChI=1S/C22H20N6OS/c1-27(22(30)26-18-6-8-20(29-2)9-7-18)25-14-19-13-24-21-10-5-17(15-28(19)21)16-4-3-11-23-12-16/h3-15H,1-2H3,(H,26,30). The first-order valence-corrected chi connectivity index (χ1v) is 9.65. The predicted octanol–water partition coefficient (Wildman–Crippen LogP) is 4.07. The molecule has 4 aromatic rings. The SMILES string of the molecule is COc1ccc(NC(=S)N(C)N=Cc2cnc3ccc(-c4cccnc4)cn23)cc1. The molecule has 0 bridgehead atoms. The number of benzene rings is 1. The number of hydrogen-bond acceptors (Lipinski definition) is 5. The minimum absolute atomic E-state index is 0.473. The van der Waals surface area contributed by atoms with E-state index in [2.05, 4.69) is 20.4 Å². The van der Waals surface area contributed by atoms with Gasteiger partial charge < -0.3 is 10.1 Å². The van der Waals surface area contributed by atoms with Crippen LogP contribution >= 0.6 is 12.2 Å². The van der Waals surface area contributed by atoms with Gasteiger partial charge in [-0.15, -0.1) is 0 Å². The third kappa shape index (κ3) is 4.28. The Morgan fingerprint density at radius 1 is 1.13 bits per heavy atom. The average Bonchev–Trinajstić information content (AvgIpc) is 3.20. The largest absolute Gasteiger partial charge is 0.497 e. The Morgan fingerprint density at radius 2 is 1.97 bits per heavy atom. The number of anilines is 1. The molecule has 4 rings (SSSR count). The van der Waals surface area contributed by atoms with E-state index in [4.69, 9.17) is 17.0 Å². The second kappa shape index (κ2) is 8.71. The number of nitrogens with one attached hydrogen (secondary N) is 1. The van der Waals surface area contributed by atoms with Crippen molar-refractivity contribution in [1.82, 2.24) is 19.4 Å². The molecule has 0 saturated carbocycles. The highest BCUT2D eigenvalue weighted by molar-refractivity contribution is 7.80. The molecule has 150 valence electrons. The van der Waals surface area contributed by atoms with E-state index in [1.807, 2.05) is 65.3 Å². The minimum atomic E-state index is 0.473. The molecule has 0 radical (unpaired) electrons. The second-order valence-electron chi connectivity index (χ2n) is 6.50. The highest BCUT2D eigenvalue weighted by Crippen LogP contribution is 2.19. The summed E-state index contributed by atoms with van der Waals surface area (Å²) in [6, 6.07) is 15.5. The molecular weight excluding hydrogens is 396 g/mol. The summed E-state index contributed by atoms with van der Waals surface area (Å²) in [6.45, 7) is 0. The molecule has 0 aliphatic heterocycles. The average molecular weight is 417 g/mol. The lowest BCUT2D eigenvalue weighted by Gasteiger charge is -2.15. The first-order chi connectivity index (χ1) is 14.6. The van der Waals surface area contributed by atoms with Crippen molar-refractivity contribution < 1.29 is 4.74 Å².